The predicted octanol–water partition coefficient (Wildman–Crippen LogP) is 5.43. The lowest BCUT2D eigenvalue weighted by Gasteiger charge is -2.33. The zero-order valence-corrected chi connectivity index (χ0v) is 23.3. The van der Waals surface area contributed by atoms with Gasteiger partial charge < -0.3 is 9.47 Å². The Labute approximate surface area is 220 Å². The average molecular weight is 534 g/mol. The first-order chi connectivity index (χ1) is 16.9. The lowest BCUT2D eigenvalue weighted by Crippen LogP contribution is -2.44. The third kappa shape index (κ3) is 4.54. The van der Waals surface area contributed by atoms with Crippen molar-refractivity contribution in [1.29, 1.82) is 0 Å². The minimum Gasteiger partial charge on any atom is -0.497 e. The Morgan fingerprint density at radius 1 is 0.917 bits per heavy atom. The fourth-order valence-electron chi connectivity index (χ4n) is 6.14. The second-order valence-electron chi connectivity index (χ2n) is 10.9. The molecule has 36 heavy (non-hydrogen) atoms. The monoisotopic (exact) mass is 533 g/mol. The van der Waals surface area contributed by atoms with Crippen molar-refractivity contribution in [1.82, 2.24) is 4.31 Å². The highest BCUT2D eigenvalue weighted by atomic mass is 35.5. The van der Waals surface area contributed by atoms with Gasteiger partial charge >= 0.3 is 0 Å². The molecule has 0 amide bonds. The Morgan fingerprint density at radius 3 is 1.78 bits per heavy atom. The van der Waals surface area contributed by atoms with Gasteiger partial charge in [0.25, 0.3) is 0 Å². The van der Waals surface area contributed by atoms with E-state index in [0.717, 1.165) is 24.0 Å². The molecule has 6 nitrogen and oxygen atoms in total. The molecule has 2 saturated carbocycles. The maximum absolute atomic E-state index is 13.7. The van der Waals surface area contributed by atoms with Crippen LogP contribution in [0.25, 0.3) is 0 Å². The Hall–Kier alpha value is -2.09. The number of methoxy groups -OCH3 is 2. The number of hydrogen-bond acceptors (Lipinski definition) is 5. The number of carbonyl (C=O) groups excluding carboxylic acids is 1. The zero-order valence-electron chi connectivity index (χ0n) is 21.7. The highest BCUT2D eigenvalue weighted by Gasteiger charge is 2.72. The first-order valence-electron chi connectivity index (χ1n) is 12.3. The van der Waals surface area contributed by atoms with Crippen LogP contribution in [0.15, 0.2) is 48.5 Å². The summed E-state index contributed by atoms with van der Waals surface area (Å²) in [6.45, 7) is 6.60. The number of fused-ring (bicyclic) bond motifs is 2. The maximum atomic E-state index is 13.7. The van der Waals surface area contributed by atoms with E-state index in [1.54, 1.807) is 14.2 Å². The van der Waals surface area contributed by atoms with Crippen LogP contribution in [0.5, 0.6) is 11.5 Å². The van der Waals surface area contributed by atoms with Crippen LogP contribution in [0.1, 0.15) is 51.2 Å². The zero-order chi connectivity index (χ0) is 26.4. The minimum absolute atomic E-state index is 0.00461. The van der Waals surface area contributed by atoms with Crippen LogP contribution in [0.2, 0.25) is 0 Å². The molecular formula is C28H36ClNO5S. The highest BCUT2D eigenvalue weighted by molar-refractivity contribution is 7.89. The molecule has 2 aliphatic rings. The summed E-state index contributed by atoms with van der Waals surface area (Å²) in [6.07, 6.45) is 1.77. The van der Waals surface area contributed by atoms with Crippen molar-refractivity contribution in [3.63, 3.8) is 0 Å². The number of ketones is 1. The van der Waals surface area contributed by atoms with Gasteiger partial charge in [-0.2, -0.15) is 4.31 Å². The van der Waals surface area contributed by atoms with Crippen molar-refractivity contribution in [2.24, 2.45) is 16.7 Å². The summed E-state index contributed by atoms with van der Waals surface area (Å²) >= 11 is 7.03. The minimum atomic E-state index is -3.74. The number of sulfonamides is 1. The van der Waals surface area contributed by atoms with E-state index in [1.165, 1.54) is 4.31 Å². The first kappa shape index (κ1) is 27.0. The fraction of sp³-hybridized carbons (Fsp3) is 0.536. The largest absolute Gasteiger partial charge is 0.497 e. The maximum Gasteiger partial charge on any atom is 0.214 e. The van der Waals surface area contributed by atoms with Crippen LogP contribution in [0.3, 0.4) is 0 Å². The molecule has 3 atom stereocenters. The van der Waals surface area contributed by atoms with Crippen LogP contribution >= 0.6 is 11.6 Å². The topological polar surface area (TPSA) is 72.9 Å². The van der Waals surface area contributed by atoms with Crippen molar-refractivity contribution in [2.75, 3.05) is 20.0 Å². The Kier molecular flexibility index (Phi) is 7.23. The fourth-order valence-corrected chi connectivity index (χ4v) is 8.47. The number of alkyl halides is 1. The van der Waals surface area contributed by atoms with Gasteiger partial charge in [0.2, 0.25) is 10.0 Å². The number of Topliss-reactive ketones (excluding diaryl/α,β-unsaturated/α-hetero) is 1. The lowest BCUT2D eigenvalue weighted by atomic mass is 9.70. The molecule has 2 aromatic rings. The van der Waals surface area contributed by atoms with Gasteiger partial charge in [-0.25, -0.2) is 8.42 Å². The molecule has 0 saturated heterocycles. The number of rotatable bonds is 10. The molecule has 4 rings (SSSR count). The van der Waals surface area contributed by atoms with E-state index in [9.17, 15) is 13.2 Å². The summed E-state index contributed by atoms with van der Waals surface area (Å²) in [7, 11) is -0.552. The molecule has 196 valence electrons. The van der Waals surface area contributed by atoms with Gasteiger partial charge in [0.05, 0.1) is 20.0 Å². The normalized spacial score (nSPS) is 27.0. The Bertz CT molecular complexity index is 1160. The molecular weight excluding hydrogens is 498 g/mol. The van der Waals surface area contributed by atoms with E-state index >= 15 is 0 Å². The van der Waals surface area contributed by atoms with Gasteiger partial charge in [0, 0.05) is 18.5 Å². The summed E-state index contributed by atoms with van der Waals surface area (Å²) in [5.41, 5.74) is 0.938. The SMILES string of the molecule is COc1ccc(CN(Cc2ccc(OC)cc2)S(=O)(=O)CC[C@]2(Cl)C(=O)[C@]3(C)CC[C@H]2C3(C)C)cc1. The van der Waals surface area contributed by atoms with Crippen LogP contribution in [-0.2, 0) is 27.9 Å². The molecule has 2 fully saturated rings. The number of benzene rings is 2. The first-order valence-corrected chi connectivity index (χ1v) is 14.3. The summed E-state index contributed by atoms with van der Waals surface area (Å²) in [5.74, 6) is 1.20. The van der Waals surface area contributed by atoms with Gasteiger partial charge in [-0.05, 0) is 66.0 Å². The van der Waals surface area contributed by atoms with Gasteiger partial charge in [-0.15, -0.1) is 11.6 Å². The molecule has 2 aromatic carbocycles. The molecule has 0 unspecified atom stereocenters. The summed E-state index contributed by atoms with van der Waals surface area (Å²) in [5, 5.41) is 0. The predicted molar refractivity (Wildman–Crippen MR) is 142 cm³/mol. The summed E-state index contributed by atoms with van der Waals surface area (Å²) < 4.78 is 39.4. The van der Waals surface area contributed by atoms with Crippen LogP contribution in [0.4, 0.5) is 0 Å². The number of nitrogens with zero attached hydrogens (tertiary/aromatic N) is 1. The van der Waals surface area contributed by atoms with Crippen molar-refractivity contribution in [3.8, 4) is 11.5 Å². The molecule has 8 heteroatoms. The van der Waals surface area contributed by atoms with Crippen LogP contribution in [0, 0.1) is 16.7 Å². The van der Waals surface area contributed by atoms with Crippen molar-refractivity contribution >= 4 is 27.4 Å². The second kappa shape index (κ2) is 9.66. The average Bonchev–Trinajstić information content (AvgIpc) is 3.16. The van der Waals surface area contributed by atoms with E-state index in [4.69, 9.17) is 21.1 Å². The highest BCUT2D eigenvalue weighted by Crippen LogP contribution is 2.69. The number of carbonyl (C=O) groups is 1. The number of halogens is 1. The second-order valence-corrected chi connectivity index (χ2v) is 13.6. The quantitative estimate of drug-likeness (QED) is 0.381. The third-order valence-corrected chi connectivity index (χ3v) is 11.2. The van der Waals surface area contributed by atoms with Gasteiger partial charge in [-0.1, -0.05) is 45.0 Å². The summed E-state index contributed by atoms with van der Waals surface area (Å²) in [6, 6.07) is 14.7. The third-order valence-electron chi connectivity index (χ3n) is 8.81. The standard InChI is InChI=1S/C28H36ClNO5S/c1-26(2)24-14-15-27(26,3)25(31)28(24,29)16-17-36(32,33)30(18-20-6-10-22(34-4)11-7-20)19-21-8-12-23(35-5)13-9-21/h6-13,24H,14-19H2,1-5H3/t24-,27-,28+/m0/s1. The molecule has 0 aliphatic heterocycles. The van der Waals surface area contributed by atoms with Crippen molar-refractivity contribution in [3.05, 3.63) is 59.7 Å². The van der Waals surface area contributed by atoms with Gasteiger partial charge in [-0.3, -0.25) is 4.79 Å². The Morgan fingerprint density at radius 2 is 1.39 bits per heavy atom. The van der Waals surface area contributed by atoms with Crippen LogP contribution in [-0.4, -0.2) is 43.4 Å². The molecule has 0 spiro atoms. The van der Waals surface area contributed by atoms with E-state index in [-0.39, 0.29) is 42.4 Å². The molecule has 2 aliphatic carbocycles. The smallest absolute Gasteiger partial charge is 0.214 e. The molecule has 0 N–H and O–H groups in total. The van der Waals surface area contributed by atoms with E-state index in [2.05, 4.69) is 13.8 Å². The van der Waals surface area contributed by atoms with Crippen molar-refractivity contribution < 1.29 is 22.7 Å². The van der Waals surface area contributed by atoms with E-state index in [0.29, 0.717) is 11.5 Å². The summed E-state index contributed by atoms with van der Waals surface area (Å²) in [4.78, 5) is 12.3. The molecule has 0 radical (unpaired) electrons. The van der Waals surface area contributed by atoms with Crippen molar-refractivity contribution in [2.45, 2.75) is 58.0 Å². The van der Waals surface area contributed by atoms with Gasteiger partial charge in [0.15, 0.2) is 5.78 Å². The molecule has 0 heterocycles. The lowest BCUT2D eigenvalue weighted by molar-refractivity contribution is -0.130. The van der Waals surface area contributed by atoms with Crippen LogP contribution < -0.4 is 9.47 Å². The number of ether oxygens (including phenoxy) is 2. The number of hydrogen-bond donors (Lipinski definition) is 0. The molecule has 2 bridgehead atoms. The van der Waals surface area contributed by atoms with E-state index < -0.39 is 20.3 Å². The Balaban J connectivity index is 1.58. The van der Waals surface area contributed by atoms with Gasteiger partial charge in [0.1, 0.15) is 16.4 Å². The molecule has 0 aromatic heterocycles. The van der Waals surface area contributed by atoms with E-state index in [1.807, 2.05) is 55.5 Å².